The van der Waals surface area contributed by atoms with Crippen molar-refractivity contribution in [2.24, 2.45) is 0 Å². The maximum atomic E-state index is 10.4. The zero-order chi connectivity index (χ0) is 7.98. The lowest BCUT2D eigenvalue weighted by Crippen LogP contribution is -2.38. The van der Waals surface area contributed by atoms with Crippen molar-refractivity contribution in [3.63, 3.8) is 0 Å². The summed E-state index contributed by atoms with van der Waals surface area (Å²) in [5.41, 5.74) is 0. The van der Waals surface area contributed by atoms with Gasteiger partial charge in [0.1, 0.15) is 0 Å². The molecule has 0 aromatic rings. The minimum absolute atomic E-state index is 0.207. The van der Waals surface area contributed by atoms with Gasteiger partial charge in [-0.05, 0) is 0 Å². The Morgan fingerprint density at radius 2 is 2.10 bits per heavy atom. The molecule has 5 heteroatoms. The van der Waals surface area contributed by atoms with Gasteiger partial charge in [0.15, 0.2) is 0 Å². The Kier molecular flexibility index (Phi) is 3.86. The minimum Gasteiger partial charge on any atom is -0.280 e. The molecule has 0 aromatic carbocycles. The van der Waals surface area contributed by atoms with Crippen LogP contribution in [0.25, 0.3) is 0 Å². The number of carbonyl (C=O) groups is 3. The van der Waals surface area contributed by atoms with Crippen molar-refractivity contribution in [2.45, 2.75) is 13.3 Å². The fourth-order valence-electron chi connectivity index (χ4n) is 0.305. The summed E-state index contributed by atoms with van der Waals surface area (Å²) in [6.45, 7) is 1.60. The molecule has 0 saturated heterocycles. The normalized spacial score (nSPS) is 8.10. The number of hydrogen-bond donors (Lipinski definition) is 2. The van der Waals surface area contributed by atoms with Crippen molar-refractivity contribution in [2.75, 3.05) is 0 Å². The molecule has 0 aliphatic rings. The predicted molar refractivity (Wildman–Crippen MR) is 33.0 cm³/mol. The Morgan fingerprint density at radius 3 is 2.50 bits per heavy atom. The van der Waals surface area contributed by atoms with Crippen molar-refractivity contribution >= 4 is 18.3 Å². The third-order valence-electron chi connectivity index (χ3n) is 0.764. The number of urea groups is 1. The van der Waals surface area contributed by atoms with Gasteiger partial charge in [0, 0.05) is 6.42 Å². The number of amides is 4. The van der Waals surface area contributed by atoms with Gasteiger partial charge in [-0.2, -0.15) is 0 Å². The van der Waals surface area contributed by atoms with Crippen LogP contribution in [-0.2, 0) is 9.59 Å². The van der Waals surface area contributed by atoms with Gasteiger partial charge in [-0.1, -0.05) is 6.92 Å². The highest BCUT2D eigenvalue weighted by Gasteiger charge is 2.01. The Hall–Kier alpha value is -1.39. The fourth-order valence-corrected chi connectivity index (χ4v) is 0.305. The van der Waals surface area contributed by atoms with E-state index in [-0.39, 0.29) is 12.8 Å². The van der Waals surface area contributed by atoms with Gasteiger partial charge >= 0.3 is 6.03 Å². The fraction of sp³-hybridized carbons (Fsp3) is 0.400. The first-order valence-electron chi connectivity index (χ1n) is 2.74. The van der Waals surface area contributed by atoms with Crippen LogP contribution >= 0.6 is 0 Å². The van der Waals surface area contributed by atoms with Crippen LogP contribution in [0.4, 0.5) is 4.79 Å². The zero-order valence-corrected chi connectivity index (χ0v) is 5.51. The van der Waals surface area contributed by atoms with E-state index in [1.807, 2.05) is 5.32 Å². The number of imide groups is 2. The predicted octanol–water partition coefficient (Wildman–Crippen LogP) is -0.621. The molecule has 5 nitrogen and oxygen atoms in total. The van der Waals surface area contributed by atoms with E-state index in [2.05, 4.69) is 0 Å². The van der Waals surface area contributed by atoms with Crippen LogP contribution in [0, 0.1) is 0 Å². The van der Waals surface area contributed by atoms with Crippen LogP contribution in [0.1, 0.15) is 13.3 Å². The Morgan fingerprint density at radius 1 is 1.50 bits per heavy atom. The highest BCUT2D eigenvalue weighted by Crippen LogP contribution is 1.73. The molecule has 0 aromatic heterocycles. The van der Waals surface area contributed by atoms with E-state index in [4.69, 9.17) is 0 Å². The highest BCUT2D eigenvalue weighted by molar-refractivity contribution is 5.97. The number of hydrogen-bond acceptors (Lipinski definition) is 3. The van der Waals surface area contributed by atoms with Crippen molar-refractivity contribution in [1.82, 2.24) is 10.6 Å². The topological polar surface area (TPSA) is 75.3 Å². The number of carbonyl (C=O) groups excluding carboxylic acids is 3. The largest absolute Gasteiger partial charge is 0.327 e. The number of rotatable bonds is 2. The molecule has 0 radical (unpaired) electrons. The Balaban J connectivity index is 3.57. The third kappa shape index (κ3) is 3.59. The smallest absolute Gasteiger partial charge is 0.280 e. The highest BCUT2D eigenvalue weighted by atomic mass is 16.2. The van der Waals surface area contributed by atoms with Crippen molar-refractivity contribution in [3.8, 4) is 0 Å². The van der Waals surface area contributed by atoms with Crippen LogP contribution in [0.2, 0.25) is 0 Å². The zero-order valence-electron chi connectivity index (χ0n) is 5.51. The minimum atomic E-state index is -0.790. The molecule has 0 spiro atoms. The maximum Gasteiger partial charge on any atom is 0.327 e. The number of nitrogens with one attached hydrogen (secondary N) is 2. The molecular formula is C5H8N2O3. The summed E-state index contributed by atoms with van der Waals surface area (Å²) >= 11 is 0. The van der Waals surface area contributed by atoms with Gasteiger partial charge in [0.05, 0.1) is 0 Å². The molecule has 0 fully saturated rings. The molecule has 4 amide bonds. The SMILES string of the molecule is CCC(=O)NC(=O)NC=O. The summed E-state index contributed by atoms with van der Waals surface area (Å²) in [6.07, 6.45) is 0.421. The average Bonchev–Trinajstić information content (AvgIpc) is 1.88. The van der Waals surface area contributed by atoms with Crippen molar-refractivity contribution in [1.29, 1.82) is 0 Å². The third-order valence-corrected chi connectivity index (χ3v) is 0.764. The second kappa shape index (κ2) is 4.49. The van der Waals surface area contributed by atoms with Gasteiger partial charge < -0.3 is 0 Å². The van der Waals surface area contributed by atoms with Crippen LogP contribution in [0.3, 0.4) is 0 Å². The standard InChI is InChI=1S/C5H8N2O3/c1-2-4(9)7-5(10)6-3-8/h3H,2H2,1H3,(H2,6,7,8,9,10). The molecule has 0 atom stereocenters. The van der Waals surface area contributed by atoms with Gasteiger partial charge in [0.25, 0.3) is 0 Å². The first-order chi connectivity index (χ1) is 4.70. The monoisotopic (exact) mass is 144 g/mol. The lowest BCUT2D eigenvalue weighted by atomic mass is 10.5. The summed E-state index contributed by atoms with van der Waals surface area (Å²) in [5, 5.41) is 3.67. The molecule has 0 unspecified atom stereocenters. The van der Waals surface area contributed by atoms with Crippen LogP contribution in [-0.4, -0.2) is 18.3 Å². The lowest BCUT2D eigenvalue weighted by Gasteiger charge is -1.97. The molecule has 2 N–H and O–H groups in total. The molecule has 0 aliphatic carbocycles. The summed E-state index contributed by atoms with van der Waals surface area (Å²) < 4.78 is 0. The summed E-state index contributed by atoms with van der Waals surface area (Å²) in [5.74, 6) is -0.417. The average molecular weight is 144 g/mol. The van der Waals surface area contributed by atoms with E-state index >= 15 is 0 Å². The molecule has 0 heterocycles. The van der Waals surface area contributed by atoms with Gasteiger partial charge in [-0.25, -0.2) is 4.79 Å². The molecule has 0 rings (SSSR count). The Bertz CT molecular complexity index is 155. The first-order valence-corrected chi connectivity index (χ1v) is 2.74. The van der Waals surface area contributed by atoms with Crippen LogP contribution in [0.5, 0.6) is 0 Å². The second-order valence-corrected chi connectivity index (χ2v) is 1.49. The van der Waals surface area contributed by atoms with E-state index in [1.165, 1.54) is 0 Å². The first kappa shape index (κ1) is 8.61. The Labute approximate surface area is 57.8 Å². The van der Waals surface area contributed by atoms with Crippen LogP contribution in [0.15, 0.2) is 0 Å². The van der Waals surface area contributed by atoms with Crippen molar-refractivity contribution < 1.29 is 14.4 Å². The van der Waals surface area contributed by atoms with E-state index < -0.39 is 11.9 Å². The molecule has 0 aliphatic heterocycles. The molecule has 0 bridgehead atoms. The lowest BCUT2D eigenvalue weighted by molar-refractivity contribution is -0.119. The quantitative estimate of drug-likeness (QED) is 0.507. The van der Waals surface area contributed by atoms with Crippen LogP contribution < -0.4 is 10.6 Å². The van der Waals surface area contributed by atoms with E-state index in [1.54, 1.807) is 12.2 Å². The summed E-state index contributed by atoms with van der Waals surface area (Å²) in [7, 11) is 0. The van der Waals surface area contributed by atoms with Gasteiger partial charge in [0.2, 0.25) is 12.3 Å². The van der Waals surface area contributed by atoms with Crippen molar-refractivity contribution in [3.05, 3.63) is 0 Å². The maximum absolute atomic E-state index is 10.4. The molecule has 56 valence electrons. The van der Waals surface area contributed by atoms with E-state index in [9.17, 15) is 14.4 Å². The molecule has 10 heavy (non-hydrogen) atoms. The summed E-state index contributed by atoms with van der Waals surface area (Å²) in [4.78, 5) is 30.3. The van der Waals surface area contributed by atoms with E-state index in [0.717, 1.165) is 0 Å². The second-order valence-electron chi connectivity index (χ2n) is 1.49. The van der Waals surface area contributed by atoms with Gasteiger partial charge in [-0.15, -0.1) is 0 Å². The summed E-state index contributed by atoms with van der Waals surface area (Å²) in [6, 6.07) is -0.790. The van der Waals surface area contributed by atoms with Gasteiger partial charge in [-0.3, -0.25) is 20.2 Å². The molecule has 0 saturated carbocycles. The van der Waals surface area contributed by atoms with E-state index in [0.29, 0.717) is 0 Å². The molecular weight excluding hydrogens is 136 g/mol.